The molecule has 1 aromatic carbocycles. The normalized spacial score (nSPS) is 16.4. The molecule has 0 atom stereocenters. The first kappa shape index (κ1) is 16.1. The summed E-state index contributed by atoms with van der Waals surface area (Å²) >= 11 is 14.9. The summed E-state index contributed by atoms with van der Waals surface area (Å²) < 4.78 is 6.35. The largest absolute Gasteiger partial charge is 0.377 e. The zero-order chi connectivity index (χ0) is 14.5. The number of alkyl halides is 1. The number of nitrogens with zero attached hydrogens (tertiary/aromatic N) is 1. The van der Waals surface area contributed by atoms with Gasteiger partial charge in [0.1, 0.15) is 0 Å². The molecule has 2 rings (SSSR count). The van der Waals surface area contributed by atoms with Crippen molar-refractivity contribution in [3.05, 3.63) is 33.3 Å². The third kappa shape index (κ3) is 4.10. The van der Waals surface area contributed by atoms with Gasteiger partial charge in [0.05, 0.1) is 17.7 Å². The predicted molar refractivity (Wildman–Crippen MR) is 84.7 cm³/mol. The van der Waals surface area contributed by atoms with E-state index < -0.39 is 0 Å². The molecule has 0 aliphatic carbocycles. The average Bonchev–Trinajstić information content (AvgIpc) is 2.48. The fraction of sp³-hybridized carbons (Fsp3) is 0.500. The van der Waals surface area contributed by atoms with Crippen LogP contribution in [0.5, 0.6) is 0 Å². The van der Waals surface area contributed by atoms with Gasteiger partial charge >= 0.3 is 0 Å². The first-order valence-electron chi connectivity index (χ1n) is 6.53. The predicted octanol–water partition coefficient (Wildman–Crippen LogP) is 3.96. The zero-order valence-corrected chi connectivity index (χ0v) is 14.0. The first-order valence-corrected chi connectivity index (χ1v) is 8.24. The SMILES string of the molecule is O=C(c1ccc(Cl)c(Br)c1)N1CCC(OCCCl)CC1. The second kappa shape index (κ2) is 7.64. The molecule has 20 heavy (non-hydrogen) atoms. The van der Waals surface area contributed by atoms with Gasteiger partial charge in [-0.2, -0.15) is 0 Å². The van der Waals surface area contributed by atoms with Crippen LogP contribution in [0, 0.1) is 0 Å². The standard InChI is InChI=1S/C14H16BrCl2NO2/c15-12-9-10(1-2-13(12)17)14(19)18-6-3-11(4-7-18)20-8-5-16/h1-2,9,11H,3-8H2. The summed E-state index contributed by atoms with van der Waals surface area (Å²) in [5.41, 5.74) is 0.654. The summed E-state index contributed by atoms with van der Waals surface area (Å²) in [6.45, 7) is 2.00. The highest BCUT2D eigenvalue weighted by atomic mass is 79.9. The smallest absolute Gasteiger partial charge is 0.253 e. The van der Waals surface area contributed by atoms with Crippen molar-refractivity contribution in [2.24, 2.45) is 0 Å². The molecule has 1 saturated heterocycles. The fourth-order valence-corrected chi connectivity index (χ4v) is 2.83. The van der Waals surface area contributed by atoms with Crippen LogP contribution in [0.2, 0.25) is 5.02 Å². The Labute approximate surface area is 137 Å². The molecular formula is C14H16BrCl2NO2. The van der Waals surface area contributed by atoms with Crippen LogP contribution in [0.3, 0.4) is 0 Å². The van der Waals surface area contributed by atoms with Gasteiger partial charge in [-0.25, -0.2) is 0 Å². The zero-order valence-electron chi connectivity index (χ0n) is 10.9. The Morgan fingerprint density at radius 1 is 1.40 bits per heavy atom. The Morgan fingerprint density at radius 2 is 2.10 bits per heavy atom. The van der Waals surface area contributed by atoms with Crippen molar-refractivity contribution in [2.45, 2.75) is 18.9 Å². The summed E-state index contributed by atoms with van der Waals surface area (Å²) in [6, 6.07) is 5.25. The molecule has 1 aliphatic heterocycles. The summed E-state index contributed by atoms with van der Waals surface area (Å²) in [5, 5.41) is 0.606. The molecule has 0 saturated carbocycles. The van der Waals surface area contributed by atoms with Crippen LogP contribution in [0.15, 0.2) is 22.7 Å². The van der Waals surface area contributed by atoms with E-state index in [9.17, 15) is 4.79 Å². The van der Waals surface area contributed by atoms with Gasteiger partial charge in [0.15, 0.2) is 0 Å². The van der Waals surface area contributed by atoms with E-state index in [1.54, 1.807) is 18.2 Å². The Morgan fingerprint density at radius 3 is 2.70 bits per heavy atom. The van der Waals surface area contributed by atoms with Crippen molar-refractivity contribution < 1.29 is 9.53 Å². The van der Waals surface area contributed by atoms with Gasteiger partial charge in [0.2, 0.25) is 0 Å². The highest BCUT2D eigenvalue weighted by molar-refractivity contribution is 9.10. The summed E-state index contributed by atoms with van der Waals surface area (Å²) in [7, 11) is 0. The first-order chi connectivity index (χ1) is 9.61. The molecule has 0 spiro atoms. The molecule has 3 nitrogen and oxygen atoms in total. The molecule has 0 bridgehead atoms. The van der Waals surface area contributed by atoms with E-state index in [0.717, 1.165) is 17.3 Å². The highest BCUT2D eigenvalue weighted by Gasteiger charge is 2.24. The summed E-state index contributed by atoms with van der Waals surface area (Å²) in [4.78, 5) is 14.2. The van der Waals surface area contributed by atoms with Crippen molar-refractivity contribution in [1.82, 2.24) is 4.90 Å². The molecule has 0 N–H and O–H groups in total. The van der Waals surface area contributed by atoms with Gasteiger partial charge in [-0.3, -0.25) is 4.79 Å². The molecule has 1 amide bonds. The van der Waals surface area contributed by atoms with E-state index in [0.29, 0.717) is 36.2 Å². The molecule has 1 fully saturated rings. The van der Waals surface area contributed by atoms with Crippen LogP contribution in [0.25, 0.3) is 0 Å². The Kier molecular flexibility index (Phi) is 6.15. The second-order valence-corrected chi connectivity index (χ2v) is 6.32. The number of carbonyl (C=O) groups is 1. The number of benzene rings is 1. The number of ether oxygens (including phenoxy) is 1. The lowest BCUT2D eigenvalue weighted by Crippen LogP contribution is -2.41. The minimum Gasteiger partial charge on any atom is -0.377 e. The topological polar surface area (TPSA) is 29.5 Å². The average molecular weight is 381 g/mol. The van der Waals surface area contributed by atoms with E-state index in [4.69, 9.17) is 27.9 Å². The van der Waals surface area contributed by atoms with Crippen molar-refractivity contribution >= 4 is 45.0 Å². The maximum absolute atomic E-state index is 12.4. The number of rotatable bonds is 4. The number of amides is 1. The van der Waals surface area contributed by atoms with Crippen LogP contribution in [-0.4, -0.2) is 42.5 Å². The lowest BCUT2D eigenvalue weighted by molar-refractivity contribution is 0.0154. The van der Waals surface area contributed by atoms with Gasteiger partial charge in [0.25, 0.3) is 5.91 Å². The van der Waals surface area contributed by atoms with E-state index in [-0.39, 0.29) is 12.0 Å². The van der Waals surface area contributed by atoms with Crippen molar-refractivity contribution in [3.63, 3.8) is 0 Å². The number of hydrogen-bond acceptors (Lipinski definition) is 2. The minimum absolute atomic E-state index is 0.0400. The van der Waals surface area contributed by atoms with Gasteiger partial charge in [-0.1, -0.05) is 11.6 Å². The fourth-order valence-electron chi connectivity index (χ4n) is 2.25. The number of carbonyl (C=O) groups excluding carboxylic acids is 1. The Hall–Kier alpha value is -0.290. The Bertz CT molecular complexity index is 476. The van der Waals surface area contributed by atoms with Gasteiger partial charge in [-0.15, -0.1) is 11.6 Å². The Balaban J connectivity index is 1.92. The van der Waals surface area contributed by atoms with Crippen LogP contribution < -0.4 is 0 Å². The lowest BCUT2D eigenvalue weighted by Gasteiger charge is -2.32. The van der Waals surface area contributed by atoms with Crippen LogP contribution >= 0.6 is 39.1 Å². The molecule has 0 unspecified atom stereocenters. The van der Waals surface area contributed by atoms with Crippen molar-refractivity contribution in [2.75, 3.05) is 25.6 Å². The van der Waals surface area contributed by atoms with E-state index in [1.807, 2.05) is 4.90 Å². The number of halogens is 3. The number of hydrogen-bond donors (Lipinski definition) is 0. The minimum atomic E-state index is 0.0400. The van der Waals surface area contributed by atoms with Crippen molar-refractivity contribution in [1.29, 1.82) is 0 Å². The lowest BCUT2D eigenvalue weighted by atomic mass is 10.1. The summed E-state index contributed by atoms with van der Waals surface area (Å²) in [5.74, 6) is 0.552. The maximum Gasteiger partial charge on any atom is 0.253 e. The third-order valence-corrected chi connectivity index (χ3v) is 4.69. The molecular weight excluding hydrogens is 365 g/mol. The highest BCUT2D eigenvalue weighted by Crippen LogP contribution is 2.24. The van der Waals surface area contributed by atoms with Crippen LogP contribution in [0.1, 0.15) is 23.2 Å². The molecule has 1 aliphatic rings. The van der Waals surface area contributed by atoms with Crippen molar-refractivity contribution in [3.8, 4) is 0 Å². The molecule has 0 radical (unpaired) electrons. The molecule has 1 heterocycles. The second-order valence-electron chi connectivity index (χ2n) is 4.68. The molecule has 6 heteroatoms. The maximum atomic E-state index is 12.4. The molecule has 1 aromatic rings. The summed E-state index contributed by atoms with van der Waals surface area (Å²) in [6.07, 6.45) is 1.93. The van der Waals surface area contributed by atoms with Crippen LogP contribution in [0.4, 0.5) is 0 Å². The molecule has 110 valence electrons. The van der Waals surface area contributed by atoms with Gasteiger partial charge in [-0.05, 0) is 47.0 Å². The van der Waals surface area contributed by atoms with Gasteiger partial charge in [0, 0.05) is 29.0 Å². The third-order valence-electron chi connectivity index (χ3n) is 3.33. The van der Waals surface area contributed by atoms with E-state index in [2.05, 4.69) is 15.9 Å². The quantitative estimate of drug-likeness (QED) is 0.740. The number of piperidine rings is 1. The van der Waals surface area contributed by atoms with Crippen LogP contribution in [-0.2, 0) is 4.74 Å². The monoisotopic (exact) mass is 379 g/mol. The molecule has 0 aromatic heterocycles. The van der Waals surface area contributed by atoms with Gasteiger partial charge < -0.3 is 9.64 Å². The number of likely N-dealkylation sites (tertiary alicyclic amines) is 1. The van der Waals surface area contributed by atoms with E-state index >= 15 is 0 Å². The van der Waals surface area contributed by atoms with E-state index in [1.165, 1.54) is 0 Å².